The van der Waals surface area contributed by atoms with Gasteiger partial charge in [-0.3, -0.25) is 0 Å². The molecule has 6 rings (SSSR count). The van der Waals surface area contributed by atoms with Gasteiger partial charge in [0.15, 0.2) is 0 Å². The fourth-order valence-corrected chi connectivity index (χ4v) is 5.22. The minimum absolute atomic E-state index is 0.320. The third-order valence-electron chi connectivity index (χ3n) is 7.23. The van der Waals surface area contributed by atoms with Crippen LogP contribution in [0.5, 0.6) is 5.75 Å². The van der Waals surface area contributed by atoms with Crippen LogP contribution in [-0.4, -0.2) is 30.2 Å². The second kappa shape index (κ2) is 10.7. The van der Waals surface area contributed by atoms with E-state index in [1.807, 2.05) is 53.1 Å². The molecule has 0 aliphatic rings. The predicted molar refractivity (Wildman–Crippen MR) is 157 cm³/mol. The van der Waals surface area contributed by atoms with Crippen LogP contribution in [-0.2, 0) is 13.0 Å². The molecule has 0 saturated carbocycles. The van der Waals surface area contributed by atoms with E-state index in [-0.39, 0.29) is 0 Å². The van der Waals surface area contributed by atoms with Gasteiger partial charge in [-0.2, -0.15) is 0 Å². The van der Waals surface area contributed by atoms with Gasteiger partial charge in [-0.15, -0.1) is 0 Å². The zero-order valence-electron chi connectivity index (χ0n) is 22.5. The van der Waals surface area contributed by atoms with Gasteiger partial charge < -0.3 is 18.8 Å². The van der Waals surface area contributed by atoms with Crippen LogP contribution in [0.1, 0.15) is 36.7 Å². The molecule has 0 saturated heterocycles. The Morgan fingerprint density at radius 2 is 1.75 bits per heavy atom. The average Bonchev–Trinajstić information content (AvgIpc) is 3.54. The molecule has 0 amide bonds. The summed E-state index contributed by atoms with van der Waals surface area (Å²) in [6, 6.07) is 25.8. The van der Waals surface area contributed by atoms with Crippen molar-refractivity contribution >= 4 is 22.8 Å². The number of unbranched alkanes of at least 4 members (excludes halogenated alkanes) is 1. The second-order valence-corrected chi connectivity index (χ2v) is 10.0. The summed E-state index contributed by atoms with van der Waals surface area (Å²) in [6.45, 7) is 5.00. The Morgan fingerprint density at radius 3 is 2.52 bits per heavy atom. The summed E-state index contributed by atoms with van der Waals surface area (Å²) in [7, 11) is 0. The second-order valence-electron chi connectivity index (χ2n) is 10.0. The number of fused-ring (bicyclic) bond motifs is 2. The van der Waals surface area contributed by atoms with Gasteiger partial charge >= 0.3 is 6.16 Å². The molecule has 0 aliphatic carbocycles. The fourth-order valence-electron chi connectivity index (χ4n) is 5.22. The van der Waals surface area contributed by atoms with Crippen LogP contribution >= 0.6 is 0 Å². The van der Waals surface area contributed by atoms with E-state index in [1.165, 1.54) is 0 Å². The number of benzene rings is 3. The topological polar surface area (TPSA) is 81.7 Å². The lowest BCUT2D eigenvalue weighted by molar-refractivity contribution is 0.144. The Balaban J connectivity index is 1.38. The number of aryl methyl sites for hydroxylation is 2. The van der Waals surface area contributed by atoms with E-state index < -0.39 is 6.16 Å². The van der Waals surface area contributed by atoms with E-state index in [0.717, 1.165) is 75.3 Å². The van der Waals surface area contributed by atoms with Crippen molar-refractivity contribution in [2.45, 2.75) is 39.7 Å². The van der Waals surface area contributed by atoms with Crippen molar-refractivity contribution < 1.29 is 14.6 Å². The number of hydrogen-bond acceptors (Lipinski definition) is 4. The van der Waals surface area contributed by atoms with Crippen LogP contribution in [0.25, 0.3) is 39.1 Å². The summed E-state index contributed by atoms with van der Waals surface area (Å²) in [5, 5.41) is 9.11. The molecule has 200 valence electrons. The minimum Gasteiger partial charge on any atom is -0.449 e. The number of rotatable bonds is 8. The lowest BCUT2D eigenvalue weighted by Gasteiger charge is -2.12. The average molecular weight is 531 g/mol. The van der Waals surface area contributed by atoms with E-state index in [2.05, 4.69) is 48.9 Å². The van der Waals surface area contributed by atoms with Crippen LogP contribution in [0.15, 0.2) is 91.3 Å². The Hall–Kier alpha value is -4.91. The Kier molecular flexibility index (Phi) is 6.78. The van der Waals surface area contributed by atoms with Crippen LogP contribution < -0.4 is 4.74 Å². The van der Waals surface area contributed by atoms with Crippen LogP contribution in [0.4, 0.5) is 4.79 Å². The SMILES string of the molecule is CCCCc1nc2c(C)cc(-c3cn4ccccc4n3)cc2n1Cc1ccc(-c2ccccc2OC(=O)O)cc1. The third kappa shape index (κ3) is 4.94. The number of imidazole rings is 2. The quantitative estimate of drug-likeness (QED) is 0.161. The highest BCUT2D eigenvalue weighted by Crippen LogP contribution is 2.32. The zero-order chi connectivity index (χ0) is 27.6. The van der Waals surface area contributed by atoms with E-state index >= 15 is 0 Å². The first-order valence-electron chi connectivity index (χ1n) is 13.5. The van der Waals surface area contributed by atoms with E-state index in [0.29, 0.717) is 12.3 Å². The minimum atomic E-state index is -1.33. The molecule has 1 N–H and O–H groups in total. The molecule has 3 aromatic heterocycles. The maximum Gasteiger partial charge on any atom is 0.511 e. The molecule has 0 atom stereocenters. The van der Waals surface area contributed by atoms with Crippen molar-refractivity contribution in [2.75, 3.05) is 0 Å². The van der Waals surface area contributed by atoms with Crippen molar-refractivity contribution in [3.63, 3.8) is 0 Å². The van der Waals surface area contributed by atoms with Gasteiger partial charge in [0.05, 0.1) is 16.7 Å². The Morgan fingerprint density at radius 1 is 0.950 bits per heavy atom. The highest BCUT2D eigenvalue weighted by atomic mass is 16.7. The first-order valence-corrected chi connectivity index (χ1v) is 13.5. The van der Waals surface area contributed by atoms with Crippen molar-refractivity contribution in [3.05, 3.63) is 108 Å². The summed E-state index contributed by atoms with van der Waals surface area (Å²) in [4.78, 5) is 21.1. The smallest absolute Gasteiger partial charge is 0.449 e. The van der Waals surface area contributed by atoms with E-state index in [4.69, 9.17) is 19.8 Å². The van der Waals surface area contributed by atoms with Crippen LogP contribution in [0.2, 0.25) is 0 Å². The number of para-hydroxylation sites is 1. The lowest BCUT2D eigenvalue weighted by atomic mass is 10.0. The van der Waals surface area contributed by atoms with Gasteiger partial charge in [0.2, 0.25) is 0 Å². The van der Waals surface area contributed by atoms with Gasteiger partial charge in [0.1, 0.15) is 17.2 Å². The fraction of sp³-hybridized carbons (Fsp3) is 0.182. The zero-order valence-corrected chi connectivity index (χ0v) is 22.5. The Labute approximate surface area is 232 Å². The Bertz CT molecular complexity index is 1800. The summed E-state index contributed by atoms with van der Waals surface area (Å²) in [5.74, 6) is 1.40. The lowest BCUT2D eigenvalue weighted by Crippen LogP contribution is -2.06. The van der Waals surface area contributed by atoms with E-state index in [1.54, 1.807) is 12.1 Å². The number of pyridine rings is 1. The van der Waals surface area contributed by atoms with Crippen molar-refractivity contribution in [2.24, 2.45) is 0 Å². The van der Waals surface area contributed by atoms with Gasteiger partial charge in [-0.1, -0.05) is 61.9 Å². The number of hydrogen-bond donors (Lipinski definition) is 1. The number of ether oxygens (including phenoxy) is 1. The highest BCUT2D eigenvalue weighted by molar-refractivity contribution is 5.85. The summed E-state index contributed by atoms with van der Waals surface area (Å²) in [6.07, 6.45) is 5.84. The number of carboxylic acid groups (broad SMARTS) is 1. The van der Waals surface area contributed by atoms with Gasteiger partial charge in [0.25, 0.3) is 0 Å². The maximum absolute atomic E-state index is 11.1. The summed E-state index contributed by atoms with van der Waals surface area (Å²) < 4.78 is 9.36. The maximum atomic E-state index is 11.1. The first kappa shape index (κ1) is 25.4. The van der Waals surface area contributed by atoms with Crippen LogP contribution in [0.3, 0.4) is 0 Å². The monoisotopic (exact) mass is 530 g/mol. The number of carbonyl (C=O) groups is 1. The first-order chi connectivity index (χ1) is 19.5. The van der Waals surface area contributed by atoms with Crippen molar-refractivity contribution in [3.8, 4) is 28.1 Å². The molecule has 7 nitrogen and oxygen atoms in total. The predicted octanol–water partition coefficient (Wildman–Crippen LogP) is 7.77. The molecule has 0 unspecified atom stereocenters. The molecule has 0 radical (unpaired) electrons. The molecule has 6 aromatic rings. The molecule has 0 bridgehead atoms. The van der Waals surface area contributed by atoms with Gasteiger partial charge in [0, 0.05) is 36.5 Å². The molecule has 3 aromatic carbocycles. The van der Waals surface area contributed by atoms with Gasteiger partial charge in [-0.25, -0.2) is 14.8 Å². The molecule has 0 spiro atoms. The summed E-state index contributed by atoms with van der Waals surface area (Å²) in [5.41, 5.74) is 8.95. The van der Waals surface area contributed by atoms with Gasteiger partial charge in [-0.05, 0) is 60.4 Å². The van der Waals surface area contributed by atoms with Crippen molar-refractivity contribution in [1.82, 2.24) is 18.9 Å². The highest BCUT2D eigenvalue weighted by Gasteiger charge is 2.16. The standard InChI is InChI=1S/C33H30N4O3/c1-3-4-11-31-35-32-22(2)18-25(27-21-36-17-8-7-12-30(36)34-27)19-28(32)37(31)20-23-13-15-24(16-14-23)26-9-5-6-10-29(26)40-33(38)39/h5-10,12-19,21H,3-4,11,20H2,1-2H3,(H,38,39). The molecule has 7 heteroatoms. The normalized spacial score (nSPS) is 11.3. The third-order valence-corrected chi connectivity index (χ3v) is 7.23. The largest absolute Gasteiger partial charge is 0.511 e. The molecule has 0 fully saturated rings. The molecular formula is C33H30N4O3. The van der Waals surface area contributed by atoms with E-state index in [9.17, 15) is 4.79 Å². The van der Waals surface area contributed by atoms with Crippen molar-refractivity contribution in [1.29, 1.82) is 0 Å². The number of nitrogens with zero attached hydrogens (tertiary/aromatic N) is 4. The molecular weight excluding hydrogens is 500 g/mol. The summed E-state index contributed by atoms with van der Waals surface area (Å²) >= 11 is 0. The molecule has 3 heterocycles. The number of aromatic nitrogens is 4. The van der Waals surface area contributed by atoms with Crippen LogP contribution in [0, 0.1) is 6.92 Å². The molecule has 40 heavy (non-hydrogen) atoms. The molecule has 0 aliphatic heterocycles.